The minimum absolute atomic E-state index is 0.151. The molecule has 0 aromatic carbocycles. The van der Waals surface area contributed by atoms with Gasteiger partial charge >= 0.3 is 0 Å². The van der Waals surface area contributed by atoms with Crippen LogP contribution in [0.5, 0.6) is 0 Å². The van der Waals surface area contributed by atoms with Crippen LogP contribution in [0.25, 0.3) is 0 Å². The Morgan fingerprint density at radius 2 is 0.500 bits per heavy atom. The molecule has 0 saturated carbocycles. The minimum atomic E-state index is -0.151. The molecule has 0 atom stereocenters. The van der Waals surface area contributed by atoms with E-state index in [1.54, 1.807) is 0 Å². The van der Waals surface area contributed by atoms with Crippen LogP contribution in [0.2, 0.25) is 0 Å². The highest BCUT2D eigenvalue weighted by atomic mass is 16.1. The first kappa shape index (κ1) is 46.9. The molecule has 4 nitrogen and oxygen atoms in total. The third-order valence-electron chi connectivity index (χ3n) is 10.8. The van der Waals surface area contributed by atoms with Gasteiger partial charge in [0.05, 0.1) is 0 Å². The van der Waals surface area contributed by atoms with E-state index in [1.165, 1.54) is 218 Å². The molecule has 0 aromatic heterocycles. The summed E-state index contributed by atoms with van der Waals surface area (Å²) < 4.78 is 0. The van der Waals surface area contributed by atoms with Gasteiger partial charge in [-0.15, -0.1) is 0 Å². The van der Waals surface area contributed by atoms with Gasteiger partial charge in [-0.25, -0.2) is 0 Å². The van der Waals surface area contributed by atoms with Gasteiger partial charge in [0.1, 0.15) is 0 Å². The molecule has 0 spiro atoms. The van der Waals surface area contributed by atoms with Crippen molar-refractivity contribution in [3.63, 3.8) is 0 Å². The van der Waals surface area contributed by atoms with Crippen molar-refractivity contribution in [2.75, 3.05) is 0 Å². The molecule has 0 radical (unpaired) electrons. The van der Waals surface area contributed by atoms with Gasteiger partial charge < -0.3 is 11.5 Å². The average molecular weight is 677 g/mol. The second-order valence-electron chi connectivity index (χ2n) is 15.7. The van der Waals surface area contributed by atoms with Crippen molar-refractivity contribution >= 4 is 11.8 Å². The van der Waals surface area contributed by atoms with E-state index in [0.717, 1.165) is 31.6 Å². The number of unbranched alkanes of at least 4 members (excludes halogenated alkanes) is 32. The van der Waals surface area contributed by atoms with Crippen LogP contribution in [-0.2, 0) is 9.59 Å². The summed E-state index contributed by atoms with van der Waals surface area (Å²) in [6, 6.07) is 0. The monoisotopic (exact) mass is 677 g/mol. The van der Waals surface area contributed by atoms with Crippen molar-refractivity contribution in [1.82, 2.24) is 0 Å². The Labute approximate surface area is 301 Å². The molecule has 0 aliphatic rings. The summed E-state index contributed by atoms with van der Waals surface area (Å²) in [6.07, 6.45) is 53.7. The summed E-state index contributed by atoms with van der Waals surface area (Å²) >= 11 is 0. The number of primary amides is 2. The lowest BCUT2D eigenvalue weighted by molar-refractivity contribution is -0.119. The summed E-state index contributed by atoms with van der Waals surface area (Å²) in [5.41, 5.74) is 10.4. The number of rotatable bonds is 42. The number of nitrogens with two attached hydrogens (primary N) is 2. The second kappa shape index (κ2) is 40.4. The molecule has 0 heterocycles. The predicted molar refractivity (Wildman–Crippen MR) is 212 cm³/mol. The van der Waals surface area contributed by atoms with Gasteiger partial charge in [-0.2, -0.15) is 0 Å². The molecule has 0 bridgehead atoms. The van der Waals surface area contributed by atoms with E-state index in [0.29, 0.717) is 12.8 Å². The number of amides is 2. The van der Waals surface area contributed by atoms with E-state index in [2.05, 4.69) is 6.92 Å². The molecule has 48 heavy (non-hydrogen) atoms. The van der Waals surface area contributed by atoms with Gasteiger partial charge in [-0.3, -0.25) is 9.59 Å². The fraction of sp³-hybridized carbons (Fsp3) is 0.955. The summed E-state index contributed by atoms with van der Waals surface area (Å²) in [5, 5.41) is 0. The van der Waals surface area contributed by atoms with Crippen molar-refractivity contribution in [2.24, 2.45) is 17.4 Å². The molecular formula is C44H88N2O2. The van der Waals surface area contributed by atoms with Gasteiger partial charge in [0.25, 0.3) is 0 Å². The summed E-state index contributed by atoms with van der Waals surface area (Å²) in [4.78, 5) is 21.5. The van der Waals surface area contributed by atoms with E-state index in [9.17, 15) is 9.59 Å². The lowest BCUT2D eigenvalue weighted by Gasteiger charge is -2.16. The molecule has 0 saturated heterocycles. The van der Waals surface area contributed by atoms with Crippen LogP contribution >= 0.6 is 0 Å². The molecule has 0 fully saturated rings. The second-order valence-corrected chi connectivity index (χ2v) is 15.7. The normalized spacial score (nSPS) is 11.5. The third kappa shape index (κ3) is 41.1. The van der Waals surface area contributed by atoms with Crippen molar-refractivity contribution < 1.29 is 9.59 Å². The maximum atomic E-state index is 10.7. The van der Waals surface area contributed by atoms with Crippen molar-refractivity contribution in [2.45, 2.75) is 264 Å². The average Bonchev–Trinajstić information content (AvgIpc) is 3.06. The van der Waals surface area contributed by atoms with Crippen molar-refractivity contribution in [3.05, 3.63) is 0 Å². The first-order chi connectivity index (χ1) is 23.6. The Bertz CT molecular complexity index is 600. The van der Waals surface area contributed by atoms with E-state index in [1.807, 2.05) is 0 Å². The van der Waals surface area contributed by atoms with Gasteiger partial charge in [-0.1, -0.05) is 238 Å². The molecule has 0 unspecified atom stereocenters. The minimum Gasteiger partial charge on any atom is -0.370 e. The molecule has 2 amide bonds. The highest BCUT2D eigenvalue weighted by molar-refractivity contribution is 5.73. The Hall–Kier alpha value is -1.06. The Morgan fingerprint density at radius 3 is 0.688 bits per heavy atom. The first-order valence-corrected chi connectivity index (χ1v) is 22.1. The van der Waals surface area contributed by atoms with Crippen LogP contribution < -0.4 is 11.5 Å². The summed E-state index contributed by atoms with van der Waals surface area (Å²) in [5.74, 6) is 0.696. The van der Waals surface area contributed by atoms with Crippen molar-refractivity contribution in [3.8, 4) is 0 Å². The number of hydrogen-bond donors (Lipinski definition) is 2. The number of carbonyl (C=O) groups excluding carboxylic acids is 2. The fourth-order valence-corrected chi connectivity index (χ4v) is 7.61. The lowest BCUT2D eigenvalue weighted by atomic mass is 9.90. The van der Waals surface area contributed by atoms with E-state index in [4.69, 9.17) is 11.5 Å². The van der Waals surface area contributed by atoms with Gasteiger partial charge in [0.2, 0.25) is 11.8 Å². The smallest absolute Gasteiger partial charge is 0.217 e. The molecule has 0 aromatic rings. The van der Waals surface area contributed by atoms with E-state index in [-0.39, 0.29) is 11.8 Å². The van der Waals surface area contributed by atoms with Crippen LogP contribution in [0.3, 0.4) is 0 Å². The SMILES string of the molecule is CCCC(CCCCCCCCCCCCCCCCCCCC(N)=O)CCCCCCCCCCCCCCCCCCCC(N)=O. The van der Waals surface area contributed by atoms with Crippen LogP contribution in [-0.4, -0.2) is 11.8 Å². The molecule has 4 N–H and O–H groups in total. The van der Waals surface area contributed by atoms with Crippen molar-refractivity contribution in [1.29, 1.82) is 0 Å². The Morgan fingerprint density at radius 1 is 0.312 bits per heavy atom. The largest absolute Gasteiger partial charge is 0.370 e. The van der Waals surface area contributed by atoms with Crippen LogP contribution in [0, 0.1) is 5.92 Å². The zero-order valence-electron chi connectivity index (χ0n) is 32.8. The third-order valence-corrected chi connectivity index (χ3v) is 10.8. The molecule has 286 valence electrons. The summed E-state index contributed by atoms with van der Waals surface area (Å²) in [6.45, 7) is 2.38. The van der Waals surface area contributed by atoms with Crippen LogP contribution in [0.4, 0.5) is 0 Å². The zero-order valence-corrected chi connectivity index (χ0v) is 32.8. The molecule has 4 heteroatoms. The topological polar surface area (TPSA) is 86.2 Å². The van der Waals surface area contributed by atoms with Gasteiger partial charge in [0.15, 0.2) is 0 Å². The maximum Gasteiger partial charge on any atom is 0.217 e. The zero-order chi connectivity index (χ0) is 35.0. The Kier molecular flexibility index (Phi) is 39.5. The summed E-state index contributed by atoms with van der Waals surface area (Å²) in [7, 11) is 0. The molecular weight excluding hydrogens is 588 g/mol. The van der Waals surface area contributed by atoms with E-state index < -0.39 is 0 Å². The molecule has 0 aliphatic carbocycles. The number of hydrogen-bond acceptors (Lipinski definition) is 2. The molecule has 0 aliphatic heterocycles. The number of carbonyl (C=O) groups is 2. The quantitative estimate of drug-likeness (QED) is 0.0630. The Balaban J connectivity index is 3.34. The molecule has 0 rings (SSSR count). The van der Waals surface area contributed by atoms with Crippen LogP contribution in [0.15, 0.2) is 0 Å². The van der Waals surface area contributed by atoms with Gasteiger partial charge in [0, 0.05) is 12.8 Å². The lowest BCUT2D eigenvalue weighted by Crippen LogP contribution is -2.09. The van der Waals surface area contributed by atoms with E-state index >= 15 is 0 Å². The predicted octanol–water partition coefficient (Wildman–Crippen LogP) is 14.2. The first-order valence-electron chi connectivity index (χ1n) is 22.1. The van der Waals surface area contributed by atoms with Crippen LogP contribution in [0.1, 0.15) is 264 Å². The maximum absolute atomic E-state index is 10.7. The standard InChI is InChI=1S/C44H88N2O2/c1-2-37-42(38-33-29-25-21-17-13-9-5-3-7-11-15-19-23-27-31-35-40-43(45)47)39-34-30-26-22-18-14-10-6-4-8-12-16-20-24-28-32-36-41-44(46)48/h42H,2-41H2,1H3,(H2,45,47)(H2,46,48). The fourth-order valence-electron chi connectivity index (χ4n) is 7.61. The highest BCUT2D eigenvalue weighted by Gasteiger charge is 2.07. The van der Waals surface area contributed by atoms with Gasteiger partial charge in [-0.05, 0) is 18.8 Å². The highest BCUT2D eigenvalue weighted by Crippen LogP contribution is 2.24.